The average molecular weight is 388 g/mol. The summed E-state index contributed by atoms with van der Waals surface area (Å²) in [6, 6.07) is 17.6. The van der Waals surface area contributed by atoms with Crippen LogP contribution in [0.15, 0.2) is 71.3 Å². The van der Waals surface area contributed by atoms with Gasteiger partial charge in [-0.2, -0.15) is 0 Å². The molecule has 0 unspecified atom stereocenters. The molecule has 0 spiro atoms. The Balaban J connectivity index is 1.78. The van der Waals surface area contributed by atoms with E-state index in [2.05, 4.69) is 11.9 Å². The molecule has 0 saturated carbocycles. The second-order valence-corrected chi connectivity index (χ2v) is 6.91. The molecule has 0 fully saturated rings. The van der Waals surface area contributed by atoms with Crippen LogP contribution < -0.4 is 4.90 Å². The van der Waals surface area contributed by atoms with E-state index in [4.69, 9.17) is 4.42 Å². The van der Waals surface area contributed by atoms with Gasteiger partial charge in [0.1, 0.15) is 17.2 Å². The smallest absolute Gasteiger partial charge is 0.295 e. The molecule has 0 N–H and O–H groups in total. The highest BCUT2D eigenvalue weighted by molar-refractivity contribution is 6.07. The van der Waals surface area contributed by atoms with Crippen LogP contribution in [0.25, 0.3) is 11.0 Å². The monoisotopic (exact) mass is 388 g/mol. The molecule has 0 radical (unpaired) electrons. The number of halogens is 1. The predicted octanol–water partition coefficient (Wildman–Crippen LogP) is 5.68. The van der Waals surface area contributed by atoms with Gasteiger partial charge in [-0.05, 0) is 49.2 Å². The lowest BCUT2D eigenvalue weighted by atomic mass is 10.1. The van der Waals surface area contributed by atoms with Crippen LogP contribution in [0.1, 0.15) is 34.2 Å². The first-order valence-electron chi connectivity index (χ1n) is 9.56. The van der Waals surface area contributed by atoms with E-state index in [1.54, 1.807) is 42.6 Å². The molecule has 1 amide bonds. The molecule has 29 heavy (non-hydrogen) atoms. The molecule has 0 bridgehead atoms. The van der Waals surface area contributed by atoms with Crippen LogP contribution in [0.3, 0.4) is 0 Å². The van der Waals surface area contributed by atoms with Crippen molar-refractivity contribution in [1.82, 2.24) is 4.98 Å². The first-order chi connectivity index (χ1) is 14.1. The number of nitrogens with zero attached hydrogens (tertiary/aromatic N) is 2. The van der Waals surface area contributed by atoms with Gasteiger partial charge in [-0.25, -0.2) is 9.37 Å². The van der Waals surface area contributed by atoms with Crippen LogP contribution in [0.5, 0.6) is 0 Å². The summed E-state index contributed by atoms with van der Waals surface area (Å²) in [6.07, 6.45) is 2.51. The van der Waals surface area contributed by atoms with E-state index in [0.717, 1.165) is 17.4 Å². The molecular formula is C24H21FN2O2. The minimum Gasteiger partial charge on any atom is -0.451 e. The van der Waals surface area contributed by atoms with Gasteiger partial charge in [0.25, 0.3) is 5.91 Å². The van der Waals surface area contributed by atoms with Gasteiger partial charge < -0.3 is 4.42 Å². The summed E-state index contributed by atoms with van der Waals surface area (Å²) >= 11 is 0. The number of hydrogen-bond acceptors (Lipinski definition) is 3. The first kappa shape index (κ1) is 18.9. The first-order valence-corrected chi connectivity index (χ1v) is 9.56. The molecule has 0 atom stereocenters. The minimum absolute atomic E-state index is 0.0548. The van der Waals surface area contributed by atoms with Gasteiger partial charge in [-0.1, -0.05) is 37.3 Å². The highest BCUT2D eigenvalue weighted by atomic mass is 19.1. The van der Waals surface area contributed by atoms with Gasteiger partial charge in [0.05, 0.1) is 6.54 Å². The van der Waals surface area contributed by atoms with Crippen LogP contribution >= 0.6 is 0 Å². The largest absolute Gasteiger partial charge is 0.451 e. The summed E-state index contributed by atoms with van der Waals surface area (Å²) in [5.41, 5.74) is 3.02. The third kappa shape index (κ3) is 3.63. The highest BCUT2D eigenvalue weighted by Crippen LogP contribution is 2.29. The Bertz CT molecular complexity index is 1170. The summed E-state index contributed by atoms with van der Waals surface area (Å²) in [6.45, 7) is 4.01. The van der Waals surface area contributed by atoms with Gasteiger partial charge in [0, 0.05) is 22.7 Å². The minimum atomic E-state index is -0.366. The number of aromatic nitrogens is 1. The van der Waals surface area contributed by atoms with E-state index >= 15 is 0 Å². The maximum absolute atomic E-state index is 14.3. The van der Waals surface area contributed by atoms with Gasteiger partial charge in [0.15, 0.2) is 5.76 Å². The number of rotatable bonds is 5. The number of furan rings is 1. The quantitative estimate of drug-likeness (QED) is 0.442. The molecular weight excluding hydrogens is 367 g/mol. The lowest BCUT2D eigenvalue weighted by Gasteiger charge is -2.21. The zero-order valence-corrected chi connectivity index (χ0v) is 16.4. The van der Waals surface area contributed by atoms with Crippen molar-refractivity contribution >= 4 is 22.7 Å². The second kappa shape index (κ2) is 7.87. The van der Waals surface area contributed by atoms with Crippen molar-refractivity contribution < 1.29 is 13.6 Å². The number of anilines is 1. The van der Waals surface area contributed by atoms with Gasteiger partial charge in [0.2, 0.25) is 0 Å². The molecule has 2 aromatic heterocycles. The SMILES string of the molecule is CCc1ccc2oc(C(=O)N(Cc3ccccc3F)c3ccccn3)c(C)c2c1. The Hall–Kier alpha value is -3.47. The summed E-state index contributed by atoms with van der Waals surface area (Å²) in [7, 11) is 0. The number of pyridine rings is 1. The molecule has 0 aliphatic rings. The number of hydrogen-bond donors (Lipinski definition) is 0. The van der Waals surface area contributed by atoms with E-state index in [0.29, 0.717) is 17.0 Å². The molecule has 4 aromatic rings. The van der Waals surface area contributed by atoms with Crippen LogP contribution in [0.4, 0.5) is 10.2 Å². The van der Waals surface area contributed by atoms with Crippen LogP contribution in [0.2, 0.25) is 0 Å². The predicted molar refractivity (Wildman–Crippen MR) is 111 cm³/mol. The second-order valence-electron chi connectivity index (χ2n) is 6.91. The van der Waals surface area contributed by atoms with E-state index in [-0.39, 0.29) is 24.0 Å². The topological polar surface area (TPSA) is 46.3 Å². The number of fused-ring (bicyclic) bond motifs is 1. The third-order valence-electron chi connectivity index (χ3n) is 5.06. The standard InChI is InChI=1S/C24H21FN2O2/c1-3-17-11-12-21-19(14-17)16(2)23(29-21)24(28)27(22-10-6-7-13-26-22)15-18-8-4-5-9-20(18)25/h4-14H,3,15H2,1-2H3. The lowest BCUT2D eigenvalue weighted by molar-refractivity contribution is 0.0958. The van der Waals surface area contributed by atoms with E-state index in [1.165, 1.54) is 16.5 Å². The number of carbonyl (C=O) groups excluding carboxylic acids is 1. The van der Waals surface area contributed by atoms with Gasteiger partial charge in [-0.3, -0.25) is 9.69 Å². The summed E-state index contributed by atoms with van der Waals surface area (Å²) in [5, 5.41) is 0.916. The number of carbonyl (C=O) groups is 1. The van der Waals surface area contributed by atoms with Crippen LogP contribution in [-0.2, 0) is 13.0 Å². The maximum atomic E-state index is 14.3. The van der Waals surface area contributed by atoms with Crippen molar-refractivity contribution in [3.8, 4) is 0 Å². The zero-order chi connectivity index (χ0) is 20.4. The summed E-state index contributed by atoms with van der Waals surface area (Å²) in [5.74, 6) is -0.0287. The number of amides is 1. The van der Waals surface area contributed by atoms with E-state index in [1.807, 2.05) is 25.1 Å². The fraction of sp³-hybridized carbons (Fsp3) is 0.167. The molecule has 0 aliphatic carbocycles. The molecule has 2 aromatic carbocycles. The van der Waals surface area contributed by atoms with Crippen molar-refractivity contribution in [2.24, 2.45) is 0 Å². The molecule has 146 valence electrons. The Morgan fingerprint density at radius 3 is 2.62 bits per heavy atom. The fourth-order valence-corrected chi connectivity index (χ4v) is 3.38. The maximum Gasteiger partial charge on any atom is 0.295 e. The fourth-order valence-electron chi connectivity index (χ4n) is 3.38. The molecule has 4 rings (SSSR count). The Morgan fingerprint density at radius 2 is 1.90 bits per heavy atom. The molecule has 0 aliphatic heterocycles. The Kier molecular flexibility index (Phi) is 5.12. The highest BCUT2D eigenvalue weighted by Gasteiger charge is 2.26. The summed E-state index contributed by atoms with van der Waals surface area (Å²) in [4.78, 5) is 19.2. The van der Waals surface area contributed by atoms with Crippen molar-refractivity contribution in [1.29, 1.82) is 0 Å². The Labute approximate surface area is 168 Å². The Morgan fingerprint density at radius 1 is 1.10 bits per heavy atom. The average Bonchev–Trinajstić information content (AvgIpc) is 3.09. The van der Waals surface area contributed by atoms with Crippen LogP contribution in [0, 0.1) is 12.7 Å². The van der Waals surface area contributed by atoms with Crippen molar-refractivity contribution in [2.75, 3.05) is 4.90 Å². The van der Waals surface area contributed by atoms with Gasteiger partial charge in [-0.15, -0.1) is 0 Å². The summed E-state index contributed by atoms with van der Waals surface area (Å²) < 4.78 is 20.2. The number of aryl methyl sites for hydroxylation is 2. The van der Waals surface area contributed by atoms with E-state index < -0.39 is 0 Å². The number of benzene rings is 2. The normalized spacial score (nSPS) is 11.0. The lowest BCUT2D eigenvalue weighted by Crippen LogP contribution is -2.31. The van der Waals surface area contributed by atoms with E-state index in [9.17, 15) is 9.18 Å². The van der Waals surface area contributed by atoms with Crippen molar-refractivity contribution in [3.63, 3.8) is 0 Å². The van der Waals surface area contributed by atoms with Crippen molar-refractivity contribution in [3.05, 3.63) is 95.1 Å². The molecule has 2 heterocycles. The van der Waals surface area contributed by atoms with Crippen molar-refractivity contribution in [2.45, 2.75) is 26.8 Å². The molecule has 4 nitrogen and oxygen atoms in total. The van der Waals surface area contributed by atoms with Crippen LogP contribution in [-0.4, -0.2) is 10.9 Å². The molecule has 5 heteroatoms. The molecule has 0 saturated heterocycles. The third-order valence-corrected chi connectivity index (χ3v) is 5.06. The zero-order valence-electron chi connectivity index (χ0n) is 16.4. The van der Waals surface area contributed by atoms with Gasteiger partial charge >= 0.3 is 0 Å².